The highest BCUT2D eigenvalue weighted by Gasteiger charge is 2.32. The van der Waals surface area contributed by atoms with Crippen LogP contribution >= 0.6 is 34.4 Å². The normalized spacial score (nSPS) is 11.7. The molecule has 0 aliphatic heterocycles. The predicted molar refractivity (Wildman–Crippen MR) is 104 cm³/mol. The van der Waals surface area contributed by atoms with E-state index in [1.807, 2.05) is 6.26 Å². The van der Waals surface area contributed by atoms with E-state index in [0.717, 1.165) is 16.3 Å². The van der Waals surface area contributed by atoms with E-state index in [-0.39, 0.29) is 11.3 Å². The fraction of sp³-hybridized carbons (Fsp3) is 0.222. The molecule has 2 heterocycles. The third-order valence-electron chi connectivity index (χ3n) is 3.80. The summed E-state index contributed by atoms with van der Waals surface area (Å²) in [7, 11) is 1.29. The Kier molecular flexibility index (Phi) is 5.83. The highest BCUT2D eigenvalue weighted by Crippen LogP contribution is 2.42. The first kappa shape index (κ1) is 20.8. The van der Waals surface area contributed by atoms with E-state index in [2.05, 4.69) is 4.98 Å². The molecule has 0 atom stereocenters. The second kappa shape index (κ2) is 7.84. The number of nitrogens with zero attached hydrogens (tertiary/aromatic N) is 1. The van der Waals surface area contributed by atoms with Crippen LogP contribution in [-0.2, 0) is 10.9 Å². The molecule has 0 saturated carbocycles. The quantitative estimate of drug-likeness (QED) is 0.260. The van der Waals surface area contributed by atoms with Gasteiger partial charge >= 0.3 is 12.1 Å². The minimum atomic E-state index is -4.65. The predicted octanol–water partition coefficient (Wildman–Crippen LogP) is 6.51. The number of aryl methyl sites for hydroxylation is 1. The summed E-state index contributed by atoms with van der Waals surface area (Å²) in [5.74, 6) is -1.45. The number of thiazole rings is 1. The summed E-state index contributed by atoms with van der Waals surface area (Å²) in [5.41, 5.74) is -0.0289. The van der Waals surface area contributed by atoms with Crippen molar-refractivity contribution in [1.29, 1.82) is 0 Å². The Hall–Kier alpha value is -1.91. The van der Waals surface area contributed by atoms with Crippen molar-refractivity contribution in [2.75, 3.05) is 13.4 Å². The van der Waals surface area contributed by atoms with Crippen LogP contribution in [0.15, 0.2) is 28.5 Å². The van der Waals surface area contributed by atoms with Gasteiger partial charge in [0.05, 0.1) is 22.6 Å². The molecule has 28 heavy (non-hydrogen) atoms. The van der Waals surface area contributed by atoms with Crippen LogP contribution in [-0.4, -0.2) is 24.3 Å². The molecule has 148 valence electrons. The Balaban J connectivity index is 2.09. The highest BCUT2D eigenvalue weighted by atomic mass is 32.2. The number of alkyl halides is 3. The number of rotatable bonds is 4. The number of hydrogen-bond acceptors (Lipinski definition) is 6. The van der Waals surface area contributed by atoms with Crippen LogP contribution in [0.4, 0.5) is 17.6 Å². The maximum atomic E-state index is 13.8. The molecule has 2 aromatic heterocycles. The van der Waals surface area contributed by atoms with Gasteiger partial charge in [0.15, 0.2) is 0 Å². The molecular formula is C18H13F4NO2S3. The van der Waals surface area contributed by atoms with Crippen molar-refractivity contribution in [2.45, 2.75) is 17.3 Å². The van der Waals surface area contributed by atoms with Gasteiger partial charge in [0.25, 0.3) is 0 Å². The fourth-order valence-electron chi connectivity index (χ4n) is 2.55. The van der Waals surface area contributed by atoms with Crippen molar-refractivity contribution in [1.82, 2.24) is 4.98 Å². The first-order valence-corrected chi connectivity index (χ1v) is 10.6. The number of thiophene rings is 1. The zero-order valence-corrected chi connectivity index (χ0v) is 17.3. The molecule has 0 N–H and O–H groups in total. The molecule has 0 unspecified atom stereocenters. The first-order valence-electron chi connectivity index (χ1n) is 7.76. The Labute approximate surface area is 170 Å². The number of ether oxygens (including phenoxy) is 1. The summed E-state index contributed by atoms with van der Waals surface area (Å²) in [6, 6.07) is 4.03. The number of aromatic nitrogens is 1. The molecule has 0 fully saturated rings. The van der Waals surface area contributed by atoms with E-state index in [4.69, 9.17) is 4.74 Å². The van der Waals surface area contributed by atoms with Gasteiger partial charge in [-0.15, -0.1) is 34.4 Å². The average Bonchev–Trinajstić information content (AvgIpc) is 3.23. The first-order chi connectivity index (χ1) is 13.1. The SMILES string of the molecule is COC(=O)c1cc(-c2nc(-c3cc(F)cc(C(F)(F)F)c3)c(C)s2)c(SC)s1. The van der Waals surface area contributed by atoms with Crippen LogP contribution in [0.1, 0.15) is 20.1 Å². The lowest BCUT2D eigenvalue weighted by atomic mass is 10.1. The van der Waals surface area contributed by atoms with Gasteiger partial charge in [0, 0.05) is 16.0 Å². The molecule has 0 amide bonds. The van der Waals surface area contributed by atoms with Crippen LogP contribution in [0.25, 0.3) is 21.8 Å². The second-order valence-corrected chi connectivity index (χ2v) is 8.99. The van der Waals surface area contributed by atoms with Gasteiger partial charge in [0.2, 0.25) is 0 Å². The average molecular weight is 448 g/mol. The van der Waals surface area contributed by atoms with Crippen LogP contribution < -0.4 is 0 Å². The molecule has 0 saturated heterocycles. The van der Waals surface area contributed by atoms with E-state index in [9.17, 15) is 22.4 Å². The van der Waals surface area contributed by atoms with Crippen LogP contribution in [0, 0.1) is 12.7 Å². The van der Waals surface area contributed by atoms with E-state index >= 15 is 0 Å². The lowest BCUT2D eigenvalue weighted by Crippen LogP contribution is -2.05. The topological polar surface area (TPSA) is 39.2 Å². The number of hydrogen-bond donors (Lipinski definition) is 0. The Morgan fingerprint density at radius 1 is 1.18 bits per heavy atom. The van der Waals surface area contributed by atoms with Crippen molar-refractivity contribution >= 4 is 40.4 Å². The van der Waals surface area contributed by atoms with Crippen molar-refractivity contribution in [3.63, 3.8) is 0 Å². The Bertz CT molecular complexity index is 1040. The molecule has 0 aliphatic rings. The van der Waals surface area contributed by atoms with Gasteiger partial charge in [-0.05, 0) is 37.4 Å². The minimum Gasteiger partial charge on any atom is -0.465 e. The van der Waals surface area contributed by atoms with Gasteiger partial charge in [0.1, 0.15) is 15.7 Å². The van der Waals surface area contributed by atoms with Crippen molar-refractivity contribution in [3.05, 3.63) is 45.4 Å². The van der Waals surface area contributed by atoms with Crippen molar-refractivity contribution in [3.8, 4) is 21.8 Å². The monoisotopic (exact) mass is 447 g/mol. The number of thioether (sulfide) groups is 1. The number of benzene rings is 1. The maximum absolute atomic E-state index is 13.8. The molecule has 0 radical (unpaired) electrons. The molecule has 0 bridgehead atoms. The molecule has 3 aromatic rings. The summed E-state index contributed by atoms with van der Waals surface area (Å²) in [6.07, 6.45) is -2.81. The summed E-state index contributed by atoms with van der Waals surface area (Å²) >= 11 is 3.95. The molecule has 0 aliphatic carbocycles. The van der Waals surface area contributed by atoms with E-state index in [1.54, 1.807) is 13.0 Å². The Morgan fingerprint density at radius 3 is 2.50 bits per heavy atom. The number of esters is 1. The maximum Gasteiger partial charge on any atom is 0.416 e. The van der Waals surface area contributed by atoms with Crippen LogP contribution in [0.2, 0.25) is 0 Å². The highest BCUT2D eigenvalue weighted by molar-refractivity contribution is 8.00. The molecule has 3 rings (SSSR count). The second-order valence-electron chi connectivity index (χ2n) is 5.66. The van der Waals surface area contributed by atoms with E-state index < -0.39 is 23.5 Å². The zero-order chi connectivity index (χ0) is 20.6. The lowest BCUT2D eigenvalue weighted by Gasteiger charge is -2.08. The number of carbonyl (C=O) groups is 1. The third-order valence-corrected chi connectivity index (χ3v) is 7.05. The zero-order valence-electron chi connectivity index (χ0n) is 14.8. The lowest BCUT2D eigenvalue weighted by molar-refractivity contribution is -0.137. The number of halogens is 4. The van der Waals surface area contributed by atoms with Crippen molar-refractivity contribution in [2.24, 2.45) is 0 Å². The molecule has 3 nitrogen and oxygen atoms in total. The van der Waals surface area contributed by atoms with E-state index in [0.29, 0.717) is 26.4 Å². The molecule has 1 aromatic carbocycles. The standard InChI is InChI=1S/C18H13F4NO2S3/c1-8-14(9-4-10(18(20,21)22)6-11(19)5-9)23-15(27-8)12-7-13(16(24)25-2)28-17(12)26-3/h4-7H,1-3H3. The van der Waals surface area contributed by atoms with Gasteiger partial charge in [-0.2, -0.15) is 13.2 Å². The van der Waals surface area contributed by atoms with E-state index in [1.165, 1.54) is 41.5 Å². The summed E-state index contributed by atoms with van der Waals surface area (Å²) in [4.78, 5) is 17.3. The summed E-state index contributed by atoms with van der Waals surface area (Å²) in [5, 5.41) is 0.543. The van der Waals surface area contributed by atoms with Gasteiger partial charge < -0.3 is 4.74 Å². The van der Waals surface area contributed by atoms with Crippen molar-refractivity contribution < 1.29 is 27.1 Å². The number of methoxy groups -OCH3 is 1. The summed E-state index contributed by atoms with van der Waals surface area (Å²) < 4.78 is 58.4. The number of carbonyl (C=O) groups excluding carboxylic acids is 1. The van der Waals surface area contributed by atoms with Gasteiger partial charge in [-0.3, -0.25) is 0 Å². The fourth-order valence-corrected chi connectivity index (χ4v) is 5.42. The third kappa shape index (κ3) is 4.08. The Morgan fingerprint density at radius 2 is 1.89 bits per heavy atom. The van der Waals surface area contributed by atoms with Gasteiger partial charge in [-0.25, -0.2) is 14.2 Å². The minimum absolute atomic E-state index is 0.0569. The molecule has 0 spiro atoms. The molecule has 10 heteroatoms. The largest absolute Gasteiger partial charge is 0.465 e. The molecular weight excluding hydrogens is 434 g/mol. The van der Waals surface area contributed by atoms with Gasteiger partial charge in [-0.1, -0.05) is 0 Å². The van der Waals surface area contributed by atoms with Crippen LogP contribution in [0.5, 0.6) is 0 Å². The smallest absolute Gasteiger partial charge is 0.416 e. The van der Waals surface area contributed by atoms with Crippen LogP contribution in [0.3, 0.4) is 0 Å². The summed E-state index contributed by atoms with van der Waals surface area (Å²) in [6.45, 7) is 1.71.